The minimum atomic E-state index is -0.358. The van der Waals surface area contributed by atoms with Crippen molar-refractivity contribution in [3.05, 3.63) is 46.7 Å². The molecule has 1 aromatic carbocycles. The van der Waals surface area contributed by atoms with E-state index in [4.69, 9.17) is 4.52 Å². The molecule has 1 aliphatic heterocycles. The van der Waals surface area contributed by atoms with Crippen LogP contribution in [0.4, 0.5) is 5.82 Å². The molecule has 2 heterocycles. The van der Waals surface area contributed by atoms with Gasteiger partial charge in [0.1, 0.15) is 5.76 Å². The van der Waals surface area contributed by atoms with Crippen molar-refractivity contribution in [3.8, 4) is 0 Å². The molecule has 0 aliphatic carbocycles. The number of amides is 2. The van der Waals surface area contributed by atoms with Crippen LogP contribution in [0.3, 0.4) is 0 Å². The van der Waals surface area contributed by atoms with Crippen molar-refractivity contribution in [2.24, 2.45) is 0 Å². The van der Waals surface area contributed by atoms with Crippen LogP contribution >= 0.6 is 11.8 Å². The summed E-state index contributed by atoms with van der Waals surface area (Å²) >= 11 is 1.35. The van der Waals surface area contributed by atoms with Gasteiger partial charge in [-0.25, -0.2) is 0 Å². The zero-order chi connectivity index (χ0) is 20.3. The van der Waals surface area contributed by atoms with E-state index in [1.165, 1.54) is 28.5 Å². The topological polar surface area (TPSA) is 75.4 Å². The highest BCUT2D eigenvalue weighted by Gasteiger charge is 2.30. The van der Waals surface area contributed by atoms with Crippen molar-refractivity contribution in [1.29, 1.82) is 0 Å². The fourth-order valence-corrected chi connectivity index (χ4v) is 4.39. The Labute approximate surface area is 170 Å². The average molecular weight is 402 g/mol. The van der Waals surface area contributed by atoms with Crippen LogP contribution in [0.25, 0.3) is 0 Å². The molecule has 1 aliphatic rings. The summed E-state index contributed by atoms with van der Waals surface area (Å²) in [7, 11) is 0. The van der Waals surface area contributed by atoms with E-state index in [1.54, 1.807) is 19.9 Å². The summed E-state index contributed by atoms with van der Waals surface area (Å²) in [5, 5.41) is 6.12. The molecule has 2 aromatic rings. The molecule has 1 N–H and O–H groups in total. The normalized spacial score (nSPS) is 17.6. The van der Waals surface area contributed by atoms with Crippen LogP contribution in [0.15, 0.2) is 28.8 Å². The second-order valence-electron chi connectivity index (χ2n) is 7.43. The number of rotatable bonds is 6. The third-order valence-electron chi connectivity index (χ3n) is 4.91. The van der Waals surface area contributed by atoms with Gasteiger partial charge in [0.05, 0.1) is 17.0 Å². The minimum absolute atomic E-state index is 0.0867. The van der Waals surface area contributed by atoms with Gasteiger partial charge in [-0.05, 0) is 46.1 Å². The third kappa shape index (κ3) is 4.95. The van der Waals surface area contributed by atoms with Crippen LogP contribution in [0.5, 0.6) is 0 Å². The maximum Gasteiger partial charge on any atom is 0.238 e. The highest BCUT2D eigenvalue weighted by atomic mass is 32.2. The Morgan fingerprint density at radius 2 is 1.96 bits per heavy atom. The summed E-state index contributed by atoms with van der Waals surface area (Å²) in [5.41, 5.74) is 3.65. The molecule has 6 nitrogen and oxygen atoms in total. The Balaban J connectivity index is 1.56. The molecule has 7 heteroatoms. The van der Waals surface area contributed by atoms with E-state index in [0.717, 1.165) is 19.4 Å². The van der Waals surface area contributed by atoms with Crippen LogP contribution in [-0.4, -0.2) is 39.4 Å². The predicted molar refractivity (Wildman–Crippen MR) is 111 cm³/mol. The van der Waals surface area contributed by atoms with Gasteiger partial charge in [0.15, 0.2) is 5.82 Å². The molecule has 2 unspecified atom stereocenters. The van der Waals surface area contributed by atoms with E-state index in [0.29, 0.717) is 11.6 Å². The molecular formula is C21H27N3O3S. The number of aromatic nitrogens is 1. The monoisotopic (exact) mass is 401 g/mol. The first-order chi connectivity index (χ1) is 13.3. The fourth-order valence-electron chi connectivity index (χ4n) is 3.62. The van der Waals surface area contributed by atoms with E-state index in [2.05, 4.69) is 42.5 Å². The third-order valence-corrected chi connectivity index (χ3v) is 6.03. The Morgan fingerprint density at radius 1 is 1.25 bits per heavy atom. The first-order valence-corrected chi connectivity index (χ1v) is 10.6. The van der Waals surface area contributed by atoms with Crippen molar-refractivity contribution in [3.63, 3.8) is 0 Å². The van der Waals surface area contributed by atoms with Crippen LogP contribution in [0.1, 0.15) is 48.3 Å². The van der Waals surface area contributed by atoms with Crippen LogP contribution < -0.4 is 5.32 Å². The van der Waals surface area contributed by atoms with Gasteiger partial charge in [0.2, 0.25) is 11.8 Å². The second kappa shape index (κ2) is 8.82. The van der Waals surface area contributed by atoms with E-state index in [9.17, 15) is 9.59 Å². The first kappa shape index (κ1) is 20.5. The summed E-state index contributed by atoms with van der Waals surface area (Å²) in [6.07, 6.45) is 2.00. The molecule has 0 saturated carbocycles. The standard InChI is InChI=1S/C21H27N3O3S/c1-13-8-14(2)10-17(9-13)18-6-5-7-24(18)20(25)12-28-16(4)21(26)22-19-11-15(3)27-23-19/h8-11,16,18H,5-7,12H2,1-4H3,(H,22,23,26). The van der Waals surface area contributed by atoms with Gasteiger partial charge in [0, 0.05) is 12.6 Å². The number of anilines is 1. The second-order valence-corrected chi connectivity index (χ2v) is 8.76. The van der Waals surface area contributed by atoms with Gasteiger partial charge in [0.25, 0.3) is 0 Å². The lowest BCUT2D eigenvalue weighted by atomic mass is 9.99. The van der Waals surface area contributed by atoms with Gasteiger partial charge in [-0.3, -0.25) is 9.59 Å². The predicted octanol–water partition coefficient (Wildman–Crippen LogP) is 4.02. The lowest BCUT2D eigenvalue weighted by Crippen LogP contribution is -2.33. The van der Waals surface area contributed by atoms with Crippen LogP contribution in [0.2, 0.25) is 0 Å². The summed E-state index contributed by atoms with van der Waals surface area (Å²) in [6.45, 7) is 8.51. The van der Waals surface area contributed by atoms with E-state index in [-0.39, 0.29) is 28.9 Å². The highest BCUT2D eigenvalue weighted by Crippen LogP contribution is 2.33. The number of carbonyl (C=O) groups is 2. The van der Waals surface area contributed by atoms with Crippen molar-refractivity contribution >= 4 is 29.4 Å². The van der Waals surface area contributed by atoms with Crippen molar-refractivity contribution < 1.29 is 14.1 Å². The molecule has 0 radical (unpaired) electrons. The molecule has 1 fully saturated rings. The maximum atomic E-state index is 12.8. The first-order valence-electron chi connectivity index (χ1n) is 9.57. The maximum absolute atomic E-state index is 12.8. The minimum Gasteiger partial charge on any atom is -0.360 e. The molecule has 150 valence electrons. The quantitative estimate of drug-likeness (QED) is 0.791. The Hall–Kier alpha value is -2.28. The molecule has 3 rings (SSSR count). The number of hydrogen-bond acceptors (Lipinski definition) is 5. The van der Waals surface area contributed by atoms with Gasteiger partial charge in [-0.1, -0.05) is 34.5 Å². The smallest absolute Gasteiger partial charge is 0.238 e. The average Bonchev–Trinajstić information content (AvgIpc) is 3.27. The largest absolute Gasteiger partial charge is 0.360 e. The molecule has 1 saturated heterocycles. The molecule has 0 spiro atoms. The zero-order valence-corrected chi connectivity index (χ0v) is 17.6. The lowest BCUT2D eigenvalue weighted by molar-refractivity contribution is -0.129. The molecule has 2 amide bonds. The van der Waals surface area contributed by atoms with Gasteiger partial charge >= 0.3 is 0 Å². The summed E-state index contributed by atoms with van der Waals surface area (Å²) in [5.74, 6) is 1.23. The number of likely N-dealkylation sites (tertiary alicyclic amines) is 1. The summed E-state index contributed by atoms with van der Waals surface area (Å²) in [4.78, 5) is 27.1. The number of hydrogen-bond donors (Lipinski definition) is 1. The molecule has 1 aromatic heterocycles. The van der Waals surface area contributed by atoms with E-state index >= 15 is 0 Å². The van der Waals surface area contributed by atoms with Crippen molar-refractivity contribution in [1.82, 2.24) is 10.1 Å². The van der Waals surface area contributed by atoms with E-state index < -0.39 is 0 Å². The molecule has 0 bridgehead atoms. The zero-order valence-electron chi connectivity index (χ0n) is 16.8. The van der Waals surface area contributed by atoms with Gasteiger partial charge in [-0.2, -0.15) is 0 Å². The Bertz CT molecular complexity index is 844. The number of thioether (sulfide) groups is 1. The van der Waals surface area contributed by atoms with E-state index in [1.807, 2.05) is 4.90 Å². The summed E-state index contributed by atoms with van der Waals surface area (Å²) < 4.78 is 4.95. The van der Waals surface area contributed by atoms with Crippen molar-refractivity contribution in [2.75, 3.05) is 17.6 Å². The number of nitrogens with one attached hydrogen (secondary N) is 1. The molecular weight excluding hydrogens is 374 g/mol. The SMILES string of the molecule is Cc1cc(C)cc(C2CCCN2C(=O)CSC(C)C(=O)Nc2cc(C)on2)c1. The fraction of sp³-hybridized carbons (Fsp3) is 0.476. The Morgan fingerprint density at radius 3 is 2.61 bits per heavy atom. The van der Waals surface area contributed by atoms with Crippen molar-refractivity contribution in [2.45, 2.75) is 51.8 Å². The molecule has 2 atom stereocenters. The lowest BCUT2D eigenvalue weighted by Gasteiger charge is -2.26. The van der Waals surface area contributed by atoms with Crippen LogP contribution in [0, 0.1) is 20.8 Å². The number of carbonyl (C=O) groups excluding carboxylic acids is 2. The van der Waals surface area contributed by atoms with Gasteiger partial charge in [-0.15, -0.1) is 11.8 Å². The molecule has 28 heavy (non-hydrogen) atoms. The van der Waals surface area contributed by atoms with Gasteiger partial charge < -0.3 is 14.7 Å². The van der Waals surface area contributed by atoms with Crippen LogP contribution in [-0.2, 0) is 9.59 Å². The number of aryl methyl sites for hydroxylation is 3. The Kier molecular flexibility index (Phi) is 6.44. The summed E-state index contributed by atoms with van der Waals surface area (Å²) in [6, 6.07) is 8.29. The number of nitrogens with zero attached hydrogens (tertiary/aromatic N) is 2. The highest BCUT2D eigenvalue weighted by molar-refractivity contribution is 8.01. The number of benzene rings is 1.